The summed E-state index contributed by atoms with van der Waals surface area (Å²) in [7, 11) is 0. The van der Waals surface area contributed by atoms with Gasteiger partial charge in [0.05, 0.1) is 6.04 Å². The SMILES string of the molecule is Cc1ccc(C(Cc2c(Cl)cccc2Cl)NN)cn1. The molecule has 1 heterocycles. The van der Waals surface area contributed by atoms with Gasteiger partial charge in [-0.05, 0) is 42.7 Å². The fraction of sp³-hybridized carbons (Fsp3) is 0.214. The molecule has 1 aromatic carbocycles. The van der Waals surface area contributed by atoms with Crippen LogP contribution < -0.4 is 11.3 Å². The summed E-state index contributed by atoms with van der Waals surface area (Å²) < 4.78 is 0. The molecule has 0 fully saturated rings. The van der Waals surface area contributed by atoms with Gasteiger partial charge in [0.2, 0.25) is 0 Å². The first-order valence-corrected chi connectivity index (χ1v) is 6.69. The van der Waals surface area contributed by atoms with Crippen LogP contribution in [0.5, 0.6) is 0 Å². The van der Waals surface area contributed by atoms with E-state index in [1.807, 2.05) is 43.5 Å². The molecule has 1 unspecified atom stereocenters. The summed E-state index contributed by atoms with van der Waals surface area (Å²) in [6, 6.07) is 9.34. The van der Waals surface area contributed by atoms with Gasteiger partial charge >= 0.3 is 0 Å². The predicted octanol–water partition coefficient (Wildman–Crippen LogP) is 3.44. The maximum Gasteiger partial charge on any atom is 0.0516 e. The monoisotopic (exact) mass is 295 g/mol. The number of hydrogen-bond acceptors (Lipinski definition) is 3. The highest BCUT2D eigenvalue weighted by Gasteiger charge is 2.15. The van der Waals surface area contributed by atoms with Crippen molar-refractivity contribution < 1.29 is 0 Å². The lowest BCUT2D eigenvalue weighted by Gasteiger charge is -2.17. The maximum atomic E-state index is 6.17. The van der Waals surface area contributed by atoms with Crippen molar-refractivity contribution >= 4 is 23.2 Å². The zero-order chi connectivity index (χ0) is 13.8. The van der Waals surface area contributed by atoms with Crippen molar-refractivity contribution in [2.45, 2.75) is 19.4 Å². The van der Waals surface area contributed by atoms with Crippen LogP contribution in [0.15, 0.2) is 36.5 Å². The van der Waals surface area contributed by atoms with Gasteiger partial charge in [-0.3, -0.25) is 16.3 Å². The van der Waals surface area contributed by atoms with Crippen LogP contribution in [-0.2, 0) is 6.42 Å². The molecule has 1 atom stereocenters. The fourth-order valence-corrected chi connectivity index (χ4v) is 2.44. The lowest BCUT2D eigenvalue weighted by Crippen LogP contribution is -2.29. The average Bonchev–Trinajstić information content (AvgIpc) is 2.40. The molecule has 0 spiro atoms. The van der Waals surface area contributed by atoms with E-state index in [4.69, 9.17) is 29.0 Å². The van der Waals surface area contributed by atoms with E-state index < -0.39 is 0 Å². The number of nitrogens with one attached hydrogen (secondary N) is 1. The molecule has 3 nitrogen and oxygen atoms in total. The molecule has 0 amide bonds. The summed E-state index contributed by atoms with van der Waals surface area (Å²) in [5, 5.41) is 1.29. The molecule has 1 aromatic heterocycles. The van der Waals surface area contributed by atoms with Gasteiger partial charge in [-0.15, -0.1) is 0 Å². The first-order valence-electron chi connectivity index (χ1n) is 5.93. The van der Waals surface area contributed by atoms with E-state index in [0.717, 1.165) is 16.8 Å². The van der Waals surface area contributed by atoms with Crippen LogP contribution in [0, 0.1) is 6.92 Å². The standard InChI is InChI=1S/C14H15Cl2N3/c1-9-5-6-10(8-18-9)14(19-17)7-11-12(15)3-2-4-13(11)16/h2-6,8,14,19H,7,17H2,1H3. The summed E-state index contributed by atoms with van der Waals surface area (Å²) in [6.45, 7) is 1.94. The summed E-state index contributed by atoms with van der Waals surface area (Å²) in [5.74, 6) is 5.63. The quantitative estimate of drug-likeness (QED) is 0.671. The van der Waals surface area contributed by atoms with E-state index in [1.54, 1.807) is 0 Å². The highest BCUT2D eigenvalue weighted by atomic mass is 35.5. The van der Waals surface area contributed by atoms with Crippen molar-refractivity contribution in [3.05, 3.63) is 63.4 Å². The Hall–Kier alpha value is -1.13. The fourth-order valence-electron chi connectivity index (χ4n) is 1.89. The van der Waals surface area contributed by atoms with Crippen molar-refractivity contribution in [2.24, 2.45) is 5.84 Å². The summed E-state index contributed by atoms with van der Waals surface area (Å²) in [4.78, 5) is 4.27. The Morgan fingerprint density at radius 2 is 1.89 bits per heavy atom. The molecule has 2 rings (SSSR count). The highest BCUT2D eigenvalue weighted by molar-refractivity contribution is 6.36. The van der Waals surface area contributed by atoms with E-state index >= 15 is 0 Å². The summed E-state index contributed by atoms with van der Waals surface area (Å²) in [5.41, 5.74) is 5.64. The summed E-state index contributed by atoms with van der Waals surface area (Å²) in [6.07, 6.45) is 2.42. The van der Waals surface area contributed by atoms with Crippen molar-refractivity contribution in [3.63, 3.8) is 0 Å². The van der Waals surface area contributed by atoms with Gasteiger partial charge < -0.3 is 0 Å². The number of hydrazine groups is 1. The van der Waals surface area contributed by atoms with Gasteiger partial charge in [0, 0.05) is 21.9 Å². The Morgan fingerprint density at radius 1 is 1.21 bits per heavy atom. The molecular weight excluding hydrogens is 281 g/mol. The highest BCUT2D eigenvalue weighted by Crippen LogP contribution is 2.28. The number of benzene rings is 1. The third kappa shape index (κ3) is 3.45. The number of aromatic nitrogens is 1. The van der Waals surface area contributed by atoms with Crippen LogP contribution >= 0.6 is 23.2 Å². The molecule has 0 saturated carbocycles. The van der Waals surface area contributed by atoms with Crippen LogP contribution in [-0.4, -0.2) is 4.98 Å². The Morgan fingerprint density at radius 3 is 2.42 bits per heavy atom. The number of rotatable bonds is 4. The van der Waals surface area contributed by atoms with Gasteiger partial charge in [-0.2, -0.15) is 0 Å². The Labute approximate surface area is 122 Å². The van der Waals surface area contributed by atoms with Gasteiger partial charge in [0.15, 0.2) is 0 Å². The lowest BCUT2D eigenvalue weighted by molar-refractivity contribution is 0.550. The Bertz CT molecular complexity index is 535. The first kappa shape index (κ1) is 14.3. The van der Waals surface area contributed by atoms with Crippen LogP contribution in [0.25, 0.3) is 0 Å². The number of pyridine rings is 1. The normalized spacial score (nSPS) is 12.4. The Kier molecular flexibility index (Phi) is 4.77. The smallest absolute Gasteiger partial charge is 0.0516 e. The number of aryl methyl sites for hydroxylation is 1. The van der Waals surface area contributed by atoms with Gasteiger partial charge in [0.25, 0.3) is 0 Å². The number of nitrogens with two attached hydrogens (primary N) is 1. The second-order valence-electron chi connectivity index (χ2n) is 4.36. The van der Waals surface area contributed by atoms with Crippen LogP contribution in [0.4, 0.5) is 0 Å². The molecule has 100 valence electrons. The zero-order valence-corrected chi connectivity index (χ0v) is 12.0. The lowest BCUT2D eigenvalue weighted by atomic mass is 10.0. The topological polar surface area (TPSA) is 50.9 Å². The predicted molar refractivity (Wildman–Crippen MR) is 79.2 cm³/mol. The molecule has 0 aliphatic carbocycles. The third-order valence-electron chi connectivity index (χ3n) is 3.01. The second-order valence-corrected chi connectivity index (χ2v) is 5.17. The number of hydrogen-bond donors (Lipinski definition) is 2. The minimum atomic E-state index is -0.0782. The van der Waals surface area contributed by atoms with E-state index in [0.29, 0.717) is 16.5 Å². The molecule has 19 heavy (non-hydrogen) atoms. The first-order chi connectivity index (χ1) is 9.11. The van der Waals surface area contributed by atoms with Crippen molar-refractivity contribution in [2.75, 3.05) is 0 Å². The van der Waals surface area contributed by atoms with Gasteiger partial charge in [-0.1, -0.05) is 35.3 Å². The van der Waals surface area contributed by atoms with Crippen LogP contribution in [0.2, 0.25) is 10.0 Å². The minimum absolute atomic E-state index is 0.0782. The van der Waals surface area contributed by atoms with Gasteiger partial charge in [-0.25, -0.2) is 0 Å². The van der Waals surface area contributed by atoms with Crippen molar-refractivity contribution in [3.8, 4) is 0 Å². The molecular formula is C14H15Cl2N3. The Balaban J connectivity index is 2.26. The van der Waals surface area contributed by atoms with E-state index in [-0.39, 0.29) is 6.04 Å². The molecule has 5 heteroatoms. The number of halogens is 2. The molecule has 0 aliphatic heterocycles. The molecule has 3 N–H and O–H groups in total. The van der Waals surface area contributed by atoms with E-state index in [2.05, 4.69) is 10.4 Å². The molecule has 0 radical (unpaired) electrons. The maximum absolute atomic E-state index is 6.17. The molecule has 0 aliphatic rings. The average molecular weight is 296 g/mol. The minimum Gasteiger partial charge on any atom is -0.271 e. The van der Waals surface area contributed by atoms with Crippen LogP contribution in [0.3, 0.4) is 0 Å². The van der Waals surface area contributed by atoms with Crippen LogP contribution in [0.1, 0.15) is 22.9 Å². The largest absolute Gasteiger partial charge is 0.271 e. The summed E-state index contributed by atoms with van der Waals surface area (Å²) >= 11 is 12.3. The van der Waals surface area contributed by atoms with Crippen molar-refractivity contribution in [1.82, 2.24) is 10.4 Å². The van der Waals surface area contributed by atoms with Gasteiger partial charge in [0.1, 0.15) is 0 Å². The molecule has 0 bridgehead atoms. The molecule has 0 saturated heterocycles. The van der Waals surface area contributed by atoms with E-state index in [9.17, 15) is 0 Å². The van der Waals surface area contributed by atoms with E-state index in [1.165, 1.54) is 0 Å². The zero-order valence-electron chi connectivity index (χ0n) is 10.5. The second kappa shape index (κ2) is 6.35. The number of nitrogens with zero attached hydrogens (tertiary/aromatic N) is 1. The third-order valence-corrected chi connectivity index (χ3v) is 3.72. The van der Waals surface area contributed by atoms with Crippen molar-refractivity contribution in [1.29, 1.82) is 0 Å². The molecule has 2 aromatic rings.